The highest BCUT2D eigenvalue weighted by atomic mass is 35.5. The predicted molar refractivity (Wildman–Crippen MR) is 58.6 cm³/mol. The lowest BCUT2D eigenvalue weighted by atomic mass is 10.1. The van der Waals surface area contributed by atoms with Gasteiger partial charge in [0.2, 0.25) is 0 Å². The van der Waals surface area contributed by atoms with Crippen molar-refractivity contribution in [3.05, 3.63) is 16.0 Å². The summed E-state index contributed by atoms with van der Waals surface area (Å²) in [5.41, 5.74) is 12.2. The van der Waals surface area contributed by atoms with Gasteiger partial charge >= 0.3 is 0 Å². The summed E-state index contributed by atoms with van der Waals surface area (Å²) >= 11 is 1.45. The monoisotopic (exact) mass is 220 g/mol. The number of primary amides is 1. The third-order valence-electron chi connectivity index (χ3n) is 1.84. The van der Waals surface area contributed by atoms with Crippen LogP contribution in [0.1, 0.15) is 27.7 Å². The Morgan fingerprint density at radius 2 is 2.08 bits per heavy atom. The lowest BCUT2D eigenvalue weighted by Crippen LogP contribution is -2.13. The summed E-state index contributed by atoms with van der Waals surface area (Å²) < 4.78 is 0. The van der Waals surface area contributed by atoms with Gasteiger partial charge in [0, 0.05) is 4.88 Å². The van der Waals surface area contributed by atoms with Gasteiger partial charge in [0.1, 0.15) is 0 Å². The van der Waals surface area contributed by atoms with Crippen LogP contribution in [0.2, 0.25) is 0 Å². The molecule has 13 heavy (non-hydrogen) atoms. The van der Waals surface area contributed by atoms with E-state index in [2.05, 4.69) is 0 Å². The van der Waals surface area contributed by atoms with Gasteiger partial charge in [0.25, 0.3) is 5.91 Å². The van der Waals surface area contributed by atoms with Crippen molar-refractivity contribution in [1.82, 2.24) is 0 Å². The number of carbonyl (C=O) groups is 1. The minimum Gasteiger partial charge on any atom is -0.390 e. The van der Waals surface area contributed by atoms with Gasteiger partial charge in [0.15, 0.2) is 0 Å². The average molecular weight is 221 g/mol. The Labute approximate surface area is 87.5 Å². The second-order valence-corrected chi connectivity index (χ2v) is 3.74. The number of hydrogen-bond acceptors (Lipinski definition) is 3. The van der Waals surface area contributed by atoms with Crippen molar-refractivity contribution in [3.8, 4) is 0 Å². The van der Waals surface area contributed by atoms with Gasteiger partial charge in [-0.05, 0) is 18.9 Å². The van der Waals surface area contributed by atoms with Crippen LogP contribution in [0.3, 0.4) is 0 Å². The molecule has 0 aliphatic rings. The molecule has 0 fully saturated rings. The lowest BCUT2D eigenvalue weighted by molar-refractivity contribution is 0.100. The molecule has 0 saturated heterocycles. The maximum absolute atomic E-state index is 10.9. The van der Waals surface area contributed by atoms with Crippen LogP contribution < -0.4 is 11.5 Å². The highest BCUT2D eigenvalue weighted by Gasteiger charge is 2.15. The zero-order chi connectivity index (χ0) is 9.30. The highest BCUT2D eigenvalue weighted by Crippen LogP contribution is 2.30. The number of carbonyl (C=O) groups excluding carboxylic acids is 1. The maximum Gasteiger partial charge on any atom is 0.251 e. The zero-order valence-corrected chi connectivity index (χ0v) is 9.22. The van der Waals surface area contributed by atoms with E-state index in [0.29, 0.717) is 10.6 Å². The van der Waals surface area contributed by atoms with E-state index in [4.69, 9.17) is 11.5 Å². The fraction of sp³-hybridized carbons (Fsp3) is 0.375. The van der Waals surface area contributed by atoms with Crippen LogP contribution in [0.4, 0.5) is 5.00 Å². The van der Waals surface area contributed by atoms with Crippen molar-refractivity contribution in [1.29, 1.82) is 0 Å². The minimum atomic E-state index is -0.430. The number of halogens is 1. The molecule has 74 valence electrons. The molecule has 1 rings (SSSR count). The van der Waals surface area contributed by atoms with Gasteiger partial charge in [-0.3, -0.25) is 4.79 Å². The molecule has 0 unspecified atom stereocenters. The standard InChI is InChI=1S/C8H12N2OS.ClH/c1-3-5-4(2)6(7(9)11)8(10)12-5;/h3,10H2,1-2H3,(H2,9,11);1H. The Morgan fingerprint density at radius 1 is 1.54 bits per heavy atom. The molecular formula is C8H13ClN2OS. The molecule has 0 radical (unpaired) electrons. The van der Waals surface area contributed by atoms with Crippen LogP contribution in [-0.2, 0) is 6.42 Å². The second-order valence-electron chi connectivity index (χ2n) is 2.61. The van der Waals surface area contributed by atoms with E-state index >= 15 is 0 Å². The molecule has 0 bridgehead atoms. The molecule has 1 aromatic rings. The number of anilines is 1. The van der Waals surface area contributed by atoms with Gasteiger partial charge in [-0.15, -0.1) is 23.7 Å². The van der Waals surface area contributed by atoms with Crippen molar-refractivity contribution in [2.24, 2.45) is 5.73 Å². The van der Waals surface area contributed by atoms with Crippen molar-refractivity contribution >= 4 is 34.7 Å². The number of aryl methyl sites for hydroxylation is 1. The average Bonchev–Trinajstić information content (AvgIpc) is 2.25. The Kier molecular flexibility index (Phi) is 4.23. The normalized spacial score (nSPS) is 9.38. The first-order valence-electron chi connectivity index (χ1n) is 3.75. The van der Waals surface area contributed by atoms with E-state index in [9.17, 15) is 4.79 Å². The van der Waals surface area contributed by atoms with E-state index in [-0.39, 0.29) is 12.4 Å². The third kappa shape index (κ3) is 2.14. The summed E-state index contributed by atoms with van der Waals surface area (Å²) in [6.07, 6.45) is 0.897. The summed E-state index contributed by atoms with van der Waals surface area (Å²) in [7, 11) is 0. The van der Waals surface area contributed by atoms with Gasteiger partial charge in [-0.2, -0.15) is 0 Å². The molecule has 0 aliphatic carbocycles. The summed E-state index contributed by atoms with van der Waals surface area (Å²) in [5, 5.41) is 0.539. The fourth-order valence-electron chi connectivity index (χ4n) is 1.23. The molecule has 5 heteroatoms. The van der Waals surface area contributed by atoms with Crippen LogP contribution in [0.15, 0.2) is 0 Å². The minimum absolute atomic E-state index is 0. The number of rotatable bonds is 2. The number of nitrogens with two attached hydrogens (primary N) is 2. The predicted octanol–water partition coefficient (Wildman–Crippen LogP) is 1.72. The number of hydrogen-bond donors (Lipinski definition) is 2. The zero-order valence-electron chi connectivity index (χ0n) is 7.59. The van der Waals surface area contributed by atoms with Crippen molar-refractivity contribution in [2.45, 2.75) is 20.3 Å². The van der Waals surface area contributed by atoms with Crippen molar-refractivity contribution in [3.63, 3.8) is 0 Å². The lowest BCUT2D eigenvalue weighted by Gasteiger charge is -1.95. The fourth-order valence-corrected chi connectivity index (χ4v) is 2.25. The van der Waals surface area contributed by atoms with Gasteiger partial charge in [-0.1, -0.05) is 6.92 Å². The van der Waals surface area contributed by atoms with Gasteiger partial charge in [-0.25, -0.2) is 0 Å². The van der Waals surface area contributed by atoms with E-state index in [0.717, 1.165) is 16.9 Å². The molecule has 4 N–H and O–H groups in total. The second kappa shape index (κ2) is 4.48. The smallest absolute Gasteiger partial charge is 0.251 e. The molecule has 0 aromatic carbocycles. The topological polar surface area (TPSA) is 69.1 Å². The summed E-state index contributed by atoms with van der Waals surface area (Å²) in [6, 6.07) is 0. The van der Waals surface area contributed by atoms with E-state index in [1.165, 1.54) is 11.3 Å². The first-order valence-corrected chi connectivity index (χ1v) is 4.57. The molecule has 0 atom stereocenters. The number of amides is 1. The first kappa shape index (κ1) is 12.3. The van der Waals surface area contributed by atoms with Gasteiger partial charge in [0.05, 0.1) is 10.6 Å². The number of thiophene rings is 1. The molecule has 1 heterocycles. The van der Waals surface area contributed by atoms with Crippen LogP contribution in [0, 0.1) is 6.92 Å². The SMILES string of the molecule is CCc1sc(N)c(C(N)=O)c1C.Cl. The first-order chi connectivity index (χ1) is 5.57. The van der Waals surface area contributed by atoms with Crippen LogP contribution >= 0.6 is 23.7 Å². The quantitative estimate of drug-likeness (QED) is 0.797. The summed E-state index contributed by atoms with van der Waals surface area (Å²) in [6.45, 7) is 3.91. The molecule has 0 spiro atoms. The van der Waals surface area contributed by atoms with Crippen LogP contribution in [0.25, 0.3) is 0 Å². The molecule has 1 amide bonds. The summed E-state index contributed by atoms with van der Waals surface area (Å²) in [4.78, 5) is 12.1. The highest BCUT2D eigenvalue weighted by molar-refractivity contribution is 7.16. The van der Waals surface area contributed by atoms with E-state index in [1.54, 1.807) is 0 Å². The molecular weight excluding hydrogens is 208 g/mol. The van der Waals surface area contributed by atoms with Crippen LogP contribution in [0.5, 0.6) is 0 Å². The Bertz CT molecular complexity index is 322. The molecule has 0 aliphatic heterocycles. The number of nitrogen functional groups attached to an aromatic ring is 1. The Hall–Kier alpha value is -0.740. The van der Waals surface area contributed by atoms with E-state index in [1.807, 2.05) is 13.8 Å². The molecule has 1 aromatic heterocycles. The maximum atomic E-state index is 10.9. The molecule has 3 nitrogen and oxygen atoms in total. The van der Waals surface area contributed by atoms with Gasteiger partial charge < -0.3 is 11.5 Å². The van der Waals surface area contributed by atoms with Crippen molar-refractivity contribution in [2.75, 3.05) is 5.73 Å². The summed E-state index contributed by atoms with van der Waals surface area (Å²) in [5.74, 6) is -0.430. The Morgan fingerprint density at radius 3 is 2.31 bits per heavy atom. The largest absolute Gasteiger partial charge is 0.390 e. The van der Waals surface area contributed by atoms with Crippen molar-refractivity contribution < 1.29 is 4.79 Å². The van der Waals surface area contributed by atoms with Crippen LogP contribution in [-0.4, -0.2) is 5.91 Å². The Balaban J connectivity index is 0.00000144. The van der Waals surface area contributed by atoms with E-state index < -0.39 is 5.91 Å². The molecule has 0 saturated carbocycles. The third-order valence-corrected chi connectivity index (χ3v) is 3.11.